The second-order valence-electron chi connectivity index (χ2n) is 7.83. The number of carbonyl (C=O) groups is 2. The first-order valence-corrected chi connectivity index (χ1v) is 12.3. The lowest BCUT2D eigenvalue weighted by Gasteiger charge is -2.30. The molecule has 9 heteroatoms. The third-order valence-corrected chi connectivity index (χ3v) is 9.26. The number of halogens is 3. The highest BCUT2D eigenvalue weighted by Crippen LogP contribution is 2.59. The summed E-state index contributed by atoms with van der Waals surface area (Å²) in [6.45, 7) is 0.128. The van der Waals surface area contributed by atoms with Crippen LogP contribution in [0.2, 0.25) is 0 Å². The molecule has 3 aromatic carbocycles. The Morgan fingerprint density at radius 2 is 1.44 bits per heavy atom. The van der Waals surface area contributed by atoms with Crippen molar-refractivity contribution < 1.29 is 32.1 Å². The van der Waals surface area contributed by atoms with Crippen molar-refractivity contribution in [1.29, 1.82) is 0 Å². The molecule has 0 unspecified atom stereocenters. The van der Waals surface area contributed by atoms with Crippen LogP contribution < -0.4 is 10.6 Å². The van der Waals surface area contributed by atoms with Crippen LogP contribution >= 0.6 is 7.14 Å². The fourth-order valence-corrected chi connectivity index (χ4v) is 7.31. The third kappa shape index (κ3) is 4.64. The number of amides is 2. The second kappa shape index (κ2) is 9.47. The normalized spacial score (nSPS) is 15.1. The van der Waals surface area contributed by atoms with Crippen LogP contribution in [0.25, 0.3) is 0 Å². The smallest absolute Gasteiger partial charge is 0.416 e. The van der Waals surface area contributed by atoms with E-state index in [4.69, 9.17) is 4.74 Å². The molecule has 176 valence electrons. The number of imide groups is 1. The minimum atomic E-state index is -4.54. The third-order valence-electron chi connectivity index (χ3n) is 5.77. The summed E-state index contributed by atoms with van der Waals surface area (Å²) in [6.07, 6.45) is -5.67. The zero-order chi connectivity index (χ0) is 24.3. The molecule has 2 amide bonds. The Balaban J connectivity index is 1.86. The number of cyclic esters (lactones) is 1. The molecule has 1 aliphatic rings. The Labute approximate surface area is 194 Å². The lowest BCUT2D eigenvalue weighted by Crippen LogP contribution is -2.34. The first-order chi connectivity index (χ1) is 16.2. The number of rotatable bonds is 6. The number of hydrogen-bond acceptors (Lipinski definition) is 4. The van der Waals surface area contributed by atoms with Gasteiger partial charge in [-0.2, -0.15) is 13.2 Å². The quantitative estimate of drug-likeness (QED) is 0.453. The van der Waals surface area contributed by atoms with Gasteiger partial charge in [0.25, 0.3) is 0 Å². The van der Waals surface area contributed by atoms with Crippen LogP contribution in [0.1, 0.15) is 23.2 Å². The zero-order valence-electron chi connectivity index (χ0n) is 17.9. The van der Waals surface area contributed by atoms with Crippen molar-refractivity contribution in [2.45, 2.75) is 18.3 Å². The summed E-state index contributed by atoms with van der Waals surface area (Å²) >= 11 is 0. The first-order valence-electron chi connectivity index (χ1n) is 10.6. The van der Waals surface area contributed by atoms with Crippen LogP contribution in [0.5, 0.6) is 0 Å². The van der Waals surface area contributed by atoms with Crippen molar-refractivity contribution >= 4 is 29.8 Å². The molecular weight excluding hydrogens is 466 g/mol. The van der Waals surface area contributed by atoms with E-state index in [9.17, 15) is 27.3 Å². The molecule has 0 bridgehead atoms. The zero-order valence-corrected chi connectivity index (χ0v) is 18.8. The summed E-state index contributed by atoms with van der Waals surface area (Å²) in [5, 5.41) is 0.922. The molecule has 1 heterocycles. The molecule has 0 saturated carbocycles. The van der Waals surface area contributed by atoms with Gasteiger partial charge in [0.2, 0.25) is 5.91 Å². The maximum atomic E-state index is 14.9. The summed E-state index contributed by atoms with van der Waals surface area (Å²) in [7, 11) is -3.61. The van der Waals surface area contributed by atoms with E-state index in [0.717, 1.165) is 17.0 Å². The van der Waals surface area contributed by atoms with Gasteiger partial charge >= 0.3 is 12.3 Å². The maximum Gasteiger partial charge on any atom is 0.416 e. The van der Waals surface area contributed by atoms with Crippen molar-refractivity contribution in [3.05, 3.63) is 96.1 Å². The standard InChI is InChI=1S/C25H21F3NO4P/c26-25(27,28)19-13-11-18(12-14-19)22(17-23(30)29-15-16-33-24(29)31)34(32,20-7-3-1-4-8-20)21-9-5-2-6-10-21/h1-14,22H,15-17H2/t22-/m0/s1. The van der Waals surface area contributed by atoms with Crippen molar-refractivity contribution in [3.8, 4) is 0 Å². The molecule has 0 aliphatic carbocycles. The van der Waals surface area contributed by atoms with E-state index in [1.54, 1.807) is 60.7 Å². The highest BCUT2D eigenvalue weighted by atomic mass is 31.2. The first kappa shape index (κ1) is 23.8. The number of carbonyl (C=O) groups excluding carboxylic acids is 2. The molecule has 5 nitrogen and oxygen atoms in total. The minimum absolute atomic E-state index is 0.0601. The van der Waals surface area contributed by atoms with Gasteiger partial charge in [0, 0.05) is 17.0 Å². The Morgan fingerprint density at radius 1 is 0.912 bits per heavy atom. The fraction of sp³-hybridized carbons (Fsp3) is 0.200. The van der Waals surface area contributed by atoms with Gasteiger partial charge in [-0.25, -0.2) is 9.69 Å². The van der Waals surface area contributed by atoms with E-state index in [1.807, 2.05) is 0 Å². The number of alkyl halides is 3. The van der Waals surface area contributed by atoms with Gasteiger partial charge in [-0.15, -0.1) is 0 Å². The Morgan fingerprint density at radius 3 is 1.88 bits per heavy atom. The Kier molecular flexibility index (Phi) is 6.62. The van der Waals surface area contributed by atoms with E-state index < -0.39 is 36.5 Å². The van der Waals surface area contributed by atoms with Gasteiger partial charge in [0.05, 0.1) is 17.8 Å². The second-order valence-corrected chi connectivity index (χ2v) is 10.8. The molecule has 3 aromatic rings. The summed E-state index contributed by atoms with van der Waals surface area (Å²) in [5.74, 6) is -0.598. The molecule has 4 rings (SSSR count). The monoisotopic (exact) mass is 487 g/mol. The molecule has 0 radical (unpaired) electrons. The average Bonchev–Trinajstić information content (AvgIpc) is 3.28. The van der Waals surface area contributed by atoms with Crippen LogP contribution in [0, 0.1) is 0 Å². The lowest BCUT2D eigenvalue weighted by molar-refractivity contribution is -0.137. The molecule has 1 saturated heterocycles. The number of benzene rings is 3. The van der Waals surface area contributed by atoms with E-state index in [-0.39, 0.29) is 19.6 Å². The highest BCUT2D eigenvalue weighted by molar-refractivity contribution is 7.79. The van der Waals surface area contributed by atoms with Crippen LogP contribution in [0.4, 0.5) is 18.0 Å². The van der Waals surface area contributed by atoms with Crippen molar-refractivity contribution in [3.63, 3.8) is 0 Å². The van der Waals surface area contributed by atoms with E-state index in [2.05, 4.69) is 0 Å². The molecule has 0 spiro atoms. The predicted molar refractivity (Wildman–Crippen MR) is 122 cm³/mol. The van der Waals surface area contributed by atoms with E-state index in [0.29, 0.717) is 16.2 Å². The van der Waals surface area contributed by atoms with Gasteiger partial charge in [0.15, 0.2) is 7.14 Å². The number of nitrogens with zero attached hydrogens (tertiary/aromatic N) is 1. The topological polar surface area (TPSA) is 63.7 Å². The van der Waals surface area contributed by atoms with Gasteiger partial charge < -0.3 is 9.30 Å². The van der Waals surface area contributed by atoms with Crippen LogP contribution in [-0.2, 0) is 20.3 Å². The molecular formula is C25H21F3NO4P. The summed E-state index contributed by atoms with van der Waals surface area (Å²) < 4.78 is 59.3. The summed E-state index contributed by atoms with van der Waals surface area (Å²) in [4.78, 5) is 26.0. The Hall–Kier alpha value is -3.38. The van der Waals surface area contributed by atoms with E-state index >= 15 is 0 Å². The average molecular weight is 487 g/mol. The molecule has 34 heavy (non-hydrogen) atoms. The highest BCUT2D eigenvalue weighted by Gasteiger charge is 2.41. The SMILES string of the molecule is O=C(C[C@@H](c1ccc(C(F)(F)F)cc1)P(=O)(c1ccccc1)c1ccccc1)N1CCOC1=O. The Bertz CT molecular complexity index is 1170. The molecule has 1 aliphatic heterocycles. The van der Waals surface area contributed by atoms with Crippen LogP contribution in [0.3, 0.4) is 0 Å². The maximum absolute atomic E-state index is 14.9. The van der Waals surface area contributed by atoms with Crippen molar-refractivity contribution in [2.75, 3.05) is 13.2 Å². The summed E-state index contributed by atoms with van der Waals surface area (Å²) in [6, 6.07) is 21.4. The summed E-state index contributed by atoms with van der Waals surface area (Å²) in [5.41, 5.74) is -1.54. The number of ether oxygens (including phenoxy) is 1. The van der Waals surface area contributed by atoms with Gasteiger partial charge in [0.1, 0.15) is 6.61 Å². The van der Waals surface area contributed by atoms with Gasteiger partial charge in [-0.1, -0.05) is 72.8 Å². The predicted octanol–water partition coefficient (Wildman–Crippen LogP) is 5.13. The minimum Gasteiger partial charge on any atom is -0.447 e. The molecule has 1 fully saturated rings. The van der Waals surface area contributed by atoms with Gasteiger partial charge in [-0.05, 0) is 17.7 Å². The van der Waals surface area contributed by atoms with E-state index in [1.165, 1.54) is 12.1 Å². The van der Waals surface area contributed by atoms with Crippen molar-refractivity contribution in [1.82, 2.24) is 4.90 Å². The molecule has 0 aromatic heterocycles. The van der Waals surface area contributed by atoms with Crippen molar-refractivity contribution in [2.24, 2.45) is 0 Å². The molecule has 0 N–H and O–H groups in total. The van der Waals surface area contributed by atoms with Gasteiger partial charge in [-0.3, -0.25) is 4.79 Å². The number of hydrogen-bond donors (Lipinski definition) is 0. The lowest BCUT2D eigenvalue weighted by atomic mass is 10.1. The van der Waals surface area contributed by atoms with Crippen LogP contribution in [0.15, 0.2) is 84.9 Å². The largest absolute Gasteiger partial charge is 0.447 e. The fourth-order valence-electron chi connectivity index (χ4n) is 4.05. The molecule has 1 atom stereocenters. The van der Waals surface area contributed by atoms with Crippen LogP contribution in [-0.4, -0.2) is 30.1 Å².